The molecule has 1 aromatic carbocycles. The van der Waals surface area contributed by atoms with Crippen molar-refractivity contribution in [3.63, 3.8) is 0 Å². The second kappa shape index (κ2) is 7.59. The van der Waals surface area contributed by atoms with E-state index in [9.17, 15) is 4.79 Å². The van der Waals surface area contributed by atoms with E-state index in [1.54, 1.807) is 13.4 Å². The van der Waals surface area contributed by atoms with Gasteiger partial charge in [-0.2, -0.15) is 0 Å². The van der Waals surface area contributed by atoms with Gasteiger partial charge in [-0.15, -0.1) is 0 Å². The molecule has 112 valence electrons. The van der Waals surface area contributed by atoms with Crippen molar-refractivity contribution in [3.05, 3.63) is 48.0 Å². The summed E-state index contributed by atoms with van der Waals surface area (Å²) in [6, 6.07) is 9.85. The first-order chi connectivity index (χ1) is 10.3. The molecule has 5 nitrogen and oxygen atoms in total. The smallest absolute Gasteiger partial charge is 0.358 e. The maximum absolute atomic E-state index is 11.8. The number of unbranched alkanes of at least 4 members (excludes halogenated alkanes) is 1. The third kappa shape index (κ3) is 3.70. The fourth-order valence-corrected chi connectivity index (χ4v) is 2.23. The number of carbonyl (C=O) groups excluding carboxylic acids is 1. The molecule has 2 rings (SSSR count). The summed E-state index contributed by atoms with van der Waals surface area (Å²) >= 11 is 0. The summed E-state index contributed by atoms with van der Waals surface area (Å²) in [6.45, 7) is 0.715. The predicted molar refractivity (Wildman–Crippen MR) is 79.7 cm³/mol. The molecule has 0 radical (unpaired) electrons. The summed E-state index contributed by atoms with van der Waals surface area (Å²) in [7, 11) is 3.06. The van der Waals surface area contributed by atoms with Gasteiger partial charge in [0.1, 0.15) is 6.33 Å². The van der Waals surface area contributed by atoms with E-state index in [0.717, 1.165) is 30.6 Å². The SMILES string of the molecule is COCCCCc1c(C(=O)OC)ncn1-c1ccccc1. The van der Waals surface area contributed by atoms with Crippen LogP contribution in [-0.4, -0.2) is 36.3 Å². The van der Waals surface area contributed by atoms with Crippen LogP contribution in [0.25, 0.3) is 5.69 Å². The van der Waals surface area contributed by atoms with E-state index in [2.05, 4.69) is 4.98 Å². The highest BCUT2D eigenvalue weighted by atomic mass is 16.5. The van der Waals surface area contributed by atoms with Crippen LogP contribution in [-0.2, 0) is 15.9 Å². The van der Waals surface area contributed by atoms with Gasteiger partial charge in [-0.1, -0.05) is 18.2 Å². The molecule has 0 fully saturated rings. The highest BCUT2D eigenvalue weighted by molar-refractivity contribution is 5.88. The van der Waals surface area contributed by atoms with Crippen molar-refractivity contribution < 1.29 is 14.3 Å². The number of aromatic nitrogens is 2. The monoisotopic (exact) mass is 288 g/mol. The molecule has 0 unspecified atom stereocenters. The lowest BCUT2D eigenvalue weighted by atomic mass is 10.1. The minimum atomic E-state index is -0.397. The van der Waals surface area contributed by atoms with E-state index in [1.165, 1.54) is 7.11 Å². The van der Waals surface area contributed by atoms with Gasteiger partial charge in [-0.3, -0.25) is 0 Å². The van der Waals surface area contributed by atoms with Crippen molar-refractivity contribution in [2.75, 3.05) is 20.8 Å². The van der Waals surface area contributed by atoms with Gasteiger partial charge in [-0.05, 0) is 31.4 Å². The highest BCUT2D eigenvalue weighted by Crippen LogP contribution is 2.18. The zero-order valence-electron chi connectivity index (χ0n) is 12.4. The number of rotatable bonds is 7. The number of methoxy groups -OCH3 is 2. The molecule has 1 aromatic heterocycles. The first kappa shape index (κ1) is 15.3. The molecule has 0 N–H and O–H groups in total. The second-order valence-corrected chi connectivity index (χ2v) is 4.69. The lowest BCUT2D eigenvalue weighted by Gasteiger charge is -2.09. The Hall–Kier alpha value is -2.14. The van der Waals surface area contributed by atoms with Crippen LogP contribution in [0, 0.1) is 0 Å². The average molecular weight is 288 g/mol. The van der Waals surface area contributed by atoms with Crippen LogP contribution in [0.15, 0.2) is 36.7 Å². The van der Waals surface area contributed by atoms with Crippen molar-refractivity contribution in [1.29, 1.82) is 0 Å². The van der Waals surface area contributed by atoms with E-state index in [1.807, 2.05) is 34.9 Å². The fraction of sp³-hybridized carbons (Fsp3) is 0.375. The van der Waals surface area contributed by atoms with Gasteiger partial charge in [0.2, 0.25) is 0 Å². The molecule has 0 aliphatic heterocycles. The third-order valence-corrected chi connectivity index (χ3v) is 3.29. The first-order valence-electron chi connectivity index (χ1n) is 6.96. The summed E-state index contributed by atoms with van der Waals surface area (Å²) in [4.78, 5) is 16.1. The lowest BCUT2D eigenvalue weighted by molar-refractivity contribution is 0.0593. The maximum Gasteiger partial charge on any atom is 0.358 e. The van der Waals surface area contributed by atoms with Crippen LogP contribution < -0.4 is 0 Å². The molecule has 21 heavy (non-hydrogen) atoms. The number of ether oxygens (including phenoxy) is 2. The number of nitrogens with zero attached hydrogens (tertiary/aromatic N) is 2. The Morgan fingerprint density at radius 1 is 1.19 bits per heavy atom. The van der Waals surface area contributed by atoms with Crippen molar-refractivity contribution in [1.82, 2.24) is 9.55 Å². The largest absolute Gasteiger partial charge is 0.464 e. The van der Waals surface area contributed by atoms with Crippen LogP contribution in [0.3, 0.4) is 0 Å². The molecule has 0 spiro atoms. The van der Waals surface area contributed by atoms with Crippen molar-refractivity contribution in [3.8, 4) is 5.69 Å². The molecule has 0 bridgehead atoms. The average Bonchev–Trinajstić information content (AvgIpc) is 2.95. The maximum atomic E-state index is 11.8. The quantitative estimate of drug-likeness (QED) is 0.580. The van der Waals surface area contributed by atoms with Crippen LogP contribution in [0.2, 0.25) is 0 Å². The molecule has 0 saturated carbocycles. The van der Waals surface area contributed by atoms with E-state index in [-0.39, 0.29) is 0 Å². The zero-order valence-corrected chi connectivity index (χ0v) is 12.4. The number of benzene rings is 1. The minimum absolute atomic E-state index is 0.388. The Bertz CT molecular complexity index is 578. The molecule has 2 aromatic rings. The van der Waals surface area contributed by atoms with Gasteiger partial charge in [0, 0.05) is 19.4 Å². The van der Waals surface area contributed by atoms with Crippen LogP contribution in [0.5, 0.6) is 0 Å². The predicted octanol–water partition coefficient (Wildman–Crippen LogP) is 2.63. The minimum Gasteiger partial charge on any atom is -0.464 e. The summed E-state index contributed by atoms with van der Waals surface area (Å²) in [6.07, 6.45) is 4.30. The summed E-state index contributed by atoms with van der Waals surface area (Å²) in [5.74, 6) is -0.397. The molecule has 0 saturated heterocycles. The summed E-state index contributed by atoms with van der Waals surface area (Å²) in [5, 5.41) is 0. The molecule has 0 amide bonds. The Morgan fingerprint density at radius 3 is 2.62 bits per heavy atom. The van der Waals surface area contributed by atoms with E-state index in [4.69, 9.17) is 9.47 Å². The Balaban J connectivity index is 2.28. The number of hydrogen-bond acceptors (Lipinski definition) is 4. The van der Waals surface area contributed by atoms with Crippen molar-refractivity contribution in [2.24, 2.45) is 0 Å². The molecule has 0 aliphatic carbocycles. The van der Waals surface area contributed by atoms with Gasteiger partial charge in [0.15, 0.2) is 5.69 Å². The molecule has 5 heteroatoms. The van der Waals surface area contributed by atoms with Gasteiger partial charge >= 0.3 is 5.97 Å². The topological polar surface area (TPSA) is 53.4 Å². The molecule has 0 aliphatic rings. The number of carbonyl (C=O) groups is 1. The van der Waals surface area contributed by atoms with Gasteiger partial charge in [0.05, 0.1) is 12.8 Å². The van der Waals surface area contributed by atoms with Gasteiger partial charge in [-0.25, -0.2) is 9.78 Å². The van der Waals surface area contributed by atoms with Crippen LogP contribution in [0.4, 0.5) is 0 Å². The zero-order chi connectivity index (χ0) is 15.1. The highest BCUT2D eigenvalue weighted by Gasteiger charge is 2.18. The summed E-state index contributed by atoms with van der Waals surface area (Å²) in [5.41, 5.74) is 2.25. The summed E-state index contributed by atoms with van der Waals surface area (Å²) < 4.78 is 11.8. The van der Waals surface area contributed by atoms with Crippen molar-refractivity contribution in [2.45, 2.75) is 19.3 Å². The molecule has 1 heterocycles. The number of imidazole rings is 1. The van der Waals surface area contributed by atoms with E-state index >= 15 is 0 Å². The molecular formula is C16H20N2O3. The van der Waals surface area contributed by atoms with Gasteiger partial charge < -0.3 is 14.0 Å². The molecule has 0 atom stereocenters. The Kier molecular flexibility index (Phi) is 5.51. The van der Waals surface area contributed by atoms with Gasteiger partial charge in [0.25, 0.3) is 0 Å². The first-order valence-corrected chi connectivity index (χ1v) is 6.96. The standard InChI is InChI=1S/C16H20N2O3/c1-20-11-7-6-10-14-15(16(19)21-2)17-12-18(14)13-8-4-3-5-9-13/h3-5,8-9,12H,6-7,10-11H2,1-2H3. The lowest BCUT2D eigenvalue weighted by Crippen LogP contribution is -2.09. The number of hydrogen-bond donors (Lipinski definition) is 0. The van der Waals surface area contributed by atoms with Crippen LogP contribution in [0.1, 0.15) is 29.0 Å². The van der Waals surface area contributed by atoms with E-state index in [0.29, 0.717) is 12.3 Å². The van der Waals surface area contributed by atoms with Crippen LogP contribution >= 0.6 is 0 Å². The number of para-hydroxylation sites is 1. The molecular weight excluding hydrogens is 268 g/mol. The van der Waals surface area contributed by atoms with Crippen molar-refractivity contribution >= 4 is 5.97 Å². The Labute approximate surface area is 124 Å². The third-order valence-electron chi connectivity index (χ3n) is 3.29. The second-order valence-electron chi connectivity index (χ2n) is 4.69. The number of esters is 1. The normalized spacial score (nSPS) is 10.6. The Morgan fingerprint density at radius 2 is 1.95 bits per heavy atom. The fourth-order valence-electron chi connectivity index (χ4n) is 2.23. The van der Waals surface area contributed by atoms with E-state index < -0.39 is 5.97 Å².